The Balaban J connectivity index is 2.18. The Hall–Kier alpha value is -2.99. The molecule has 1 N–H and O–H groups in total. The molecular formula is C22H28N4O2. The van der Waals surface area contributed by atoms with Crippen molar-refractivity contribution in [2.75, 3.05) is 47.7 Å². The van der Waals surface area contributed by atoms with Crippen molar-refractivity contribution in [1.82, 2.24) is 14.8 Å². The minimum Gasteiger partial charge on any atom is -0.496 e. The Kier molecular flexibility index (Phi) is 5.61. The SMILES string of the molecule is C=C1c2cc(NC)ncc2C(c2cc(OC)c(CN(C)C)c(OC)c2)=CN1C. The summed E-state index contributed by atoms with van der Waals surface area (Å²) in [5, 5.41) is 3.09. The number of benzene rings is 1. The lowest BCUT2D eigenvalue weighted by molar-refractivity contribution is 0.348. The minimum absolute atomic E-state index is 0.728. The van der Waals surface area contributed by atoms with Crippen LogP contribution in [0, 0.1) is 0 Å². The van der Waals surface area contributed by atoms with Crippen LogP contribution >= 0.6 is 0 Å². The third-order valence-electron chi connectivity index (χ3n) is 4.90. The molecule has 1 aliphatic heterocycles. The van der Waals surface area contributed by atoms with Crippen molar-refractivity contribution in [2.45, 2.75) is 6.54 Å². The Morgan fingerprint density at radius 1 is 1.11 bits per heavy atom. The number of fused-ring (bicyclic) bond motifs is 1. The number of rotatable bonds is 6. The molecule has 6 nitrogen and oxygen atoms in total. The smallest absolute Gasteiger partial charge is 0.127 e. The molecule has 0 saturated heterocycles. The minimum atomic E-state index is 0.728. The van der Waals surface area contributed by atoms with Crippen molar-refractivity contribution in [1.29, 1.82) is 0 Å². The molecule has 1 aromatic heterocycles. The fourth-order valence-electron chi connectivity index (χ4n) is 3.42. The van der Waals surface area contributed by atoms with Gasteiger partial charge in [-0.15, -0.1) is 0 Å². The van der Waals surface area contributed by atoms with Gasteiger partial charge in [-0.3, -0.25) is 0 Å². The van der Waals surface area contributed by atoms with E-state index in [-0.39, 0.29) is 0 Å². The van der Waals surface area contributed by atoms with Crippen LogP contribution in [0.5, 0.6) is 11.5 Å². The first-order valence-electron chi connectivity index (χ1n) is 9.11. The highest BCUT2D eigenvalue weighted by molar-refractivity contribution is 5.91. The molecule has 6 heteroatoms. The van der Waals surface area contributed by atoms with Gasteiger partial charge < -0.3 is 24.6 Å². The predicted octanol–water partition coefficient (Wildman–Crippen LogP) is 3.51. The molecule has 0 radical (unpaired) electrons. The number of ether oxygens (including phenoxy) is 2. The lowest BCUT2D eigenvalue weighted by Gasteiger charge is -2.28. The molecule has 0 aliphatic carbocycles. The zero-order valence-electron chi connectivity index (χ0n) is 17.5. The molecule has 1 aliphatic rings. The molecule has 0 unspecified atom stereocenters. The monoisotopic (exact) mass is 380 g/mol. The second-order valence-electron chi connectivity index (χ2n) is 7.06. The van der Waals surface area contributed by atoms with Crippen LogP contribution in [0.25, 0.3) is 11.3 Å². The normalized spacial score (nSPS) is 13.3. The largest absolute Gasteiger partial charge is 0.496 e. The van der Waals surface area contributed by atoms with Crippen molar-refractivity contribution < 1.29 is 9.47 Å². The van der Waals surface area contributed by atoms with Crippen LogP contribution in [0.2, 0.25) is 0 Å². The third-order valence-corrected chi connectivity index (χ3v) is 4.90. The van der Waals surface area contributed by atoms with Crippen LogP contribution < -0.4 is 14.8 Å². The van der Waals surface area contributed by atoms with Crippen LogP contribution in [-0.4, -0.2) is 57.2 Å². The van der Waals surface area contributed by atoms with Crippen molar-refractivity contribution in [2.24, 2.45) is 0 Å². The summed E-state index contributed by atoms with van der Waals surface area (Å²) >= 11 is 0. The molecule has 28 heavy (non-hydrogen) atoms. The van der Waals surface area contributed by atoms with Gasteiger partial charge in [-0.25, -0.2) is 4.98 Å². The molecule has 2 aromatic rings. The van der Waals surface area contributed by atoms with Gasteiger partial charge in [0, 0.05) is 55.4 Å². The molecule has 2 heterocycles. The number of hydrogen-bond acceptors (Lipinski definition) is 6. The molecule has 0 bridgehead atoms. The van der Waals surface area contributed by atoms with Crippen molar-refractivity contribution in [3.05, 3.63) is 59.4 Å². The summed E-state index contributed by atoms with van der Waals surface area (Å²) in [6.07, 6.45) is 3.96. The number of aromatic nitrogens is 1. The first-order valence-corrected chi connectivity index (χ1v) is 9.11. The average molecular weight is 380 g/mol. The van der Waals surface area contributed by atoms with E-state index in [1.54, 1.807) is 14.2 Å². The van der Waals surface area contributed by atoms with E-state index in [0.29, 0.717) is 0 Å². The van der Waals surface area contributed by atoms with Gasteiger partial charge in [0.1, 0.15) is 17.3 Å². The van der Waals surface area contributed by atoms with Crippen LogP contribution in [0.4, 0.5) is 5.82 Å². The highest BCUT2D eigenvalue weighted by atomic mass is 16.5. The van der Waals surface area contributed by atoms with Crippen molar-refractivity contribution in [3.63, 3.8) is 0 Å². The predicted molar refractivity (Wildman–Crippen MR) is 115 cm³/mol. The molecule has 0 atom stereocenters. The molecule has 0 saturated carbocycles. The van der Waals surface area contributed by atoms with E-state index in [1.807, 2.05) is 45.4 Å². The molecule has 0 fully saturated rings. The van der Waals surface area contributed by atoms with Crippen LogP contribution in [-0.2, 0) is 6.54 Å². The summed E-state index contributed by atoms with van der Waals surface area (Å²) < 4.78 is 11.4. The number of methoxy groups -OCH3 is 2. The van der Waals surface area contributed by atoms with E-state index in [4.69, 9.17) is 9.47 Å². The molecule has 3 rings (SSSR count). The maximum Gasteiger partial charge on any atom is 0.127 e. The van der Waals surface area contributed by atoms with Crippen molar-refractivity contribution in [3.8, 4) is 11.5 Å². The first kappa shape index (κ1) is 19.8. The van der Waals surface area contributed by atoms with Gasteiger partial charge in [0.2, 0.25) is 0 Å². The molecule has 0 spiro atoms. The zero-order chi connectivity index (χ0) is 20.4. The molecule has 1 aromatic carbocycles. The summed E-state index contributed by atoms with van der Waals surface area (Å²) in [7, 11) is 11.3. The van der Waals surface area contributed by atoms with E-state index in [1.165, 1.54) is 0 Å². The Morgan fingerprint density at radius 3 is 2.29 bits per heavy atom. The summed E-state index contributed by atoms with van der Waals surface area (Å²) in [6.45, 7) is 4.95. The van der Waals surface area contributed by atoms with Gasteiger partial charge >= 0.3 is 0 Å². The second kappa shape index (κ2) is 7.94. The van der Waals surface area contributed by atoms with Gasteiger partial charge in [-0.2, -0.15) is 0 Å². The van der Waals surface area contributed by atoms with Gasteiger partial charge in [0.25, 0.3) is 0 Å². The van der Waals surface area contributed by atoms with Crippen LogP contribution in [0.3, 0.4) is 0 Å². The molecule has 148 valence electrons. The highest BCUT2D eigenvalue weighted by Crippen LogP contribution is 2.40. The maximum atomic E-state index is 5.70. The van der Waals surface area contributed by atoms with E-state index in [0.717, 1.165) is 57.4 Å². The van der Waals surface area contributed by atoms with E-state index in [9.17, 15) is 0 Å². The van der Waals surface area contributed by atoms with E-state index < -0.39 is 0 Å². The summed E-state index contributed by atoms with van der Waals surface area (Å²) in [4.78, 5) is 8.63. The van der Waals surface area contributed by atoms with E-state index >= 15 is 0 Å². The highest BCUT2D eigenvalue weighted by Gasteiger charge is 2.23. The fourth-order valence-corrected chi connectivity index (χ4v) is 3.42. The van der Waals surface area contributed by atoms with Crippen molar-refractivity contribution >= 4 is 17.1 Å². The number of anilines is 1. The lowest BCUT2D eigenvalue weighted by Crippen LogP contribution is -2.17. The van der Waals surface area contributed by atoms with Gasteiger partial charge in [-0.05, 0) is 37.9 Å². The van der Waals surface area contributed by atoms with Gasteiger partial charge in [-0.1, -0.05) is 6.58 Å². The average Bonchev–Trinajstić information content (AvgIpc) is 2.70. The fraction of sp³-hybridized carbons (Fsp3) is 0.318. The topological polar surface area (TPSA) is 49.9 Å². The zero-order valence-corrected chi connectivity index (χ0v) is 17.5. The Labute approximate surface area is 167 Å². The standard InChI is InChI=1S/C22H28N4O2/c1-14-16-10-22(23-2)24-11-17(16)18(13-26(14)5)15-8-20(27-6)19(12-25(3)4)21(9-15)28-7/h8-11,13H,1,12H2,2-7H3,(H,23,24). The van der Waals surface area contributed by atoms with E-state index in [2.05, 4.69) is 40.1 Å². The lowest BCUT2D eigenvalue weighted by atomic mass is 9.91. The number of nitrogens with one attached hydrogen (secondary N) is 1. The number of hydrogen-bond donors (Lipinski definition) is 1. The summed E-state index contributed by atoms with van der Waals surface area (Å²) in [5.74, 6) is 2.42. The first-order chi connectivity index (χ1) is 13.4. The maximum absolute atomic E-state index is 5.70. The summed E-state index contributed by atoms with van der Waals surface area (Å²) in [6, 6.07) is 6.14. The number of pyridine rings is 1. The Bertz CT molecular complexity index is 909. The van der Waals surface area contributed by atoms with Crippen LogP contribution in [0.15, 0.2) is 37.2 Å². The number of nitrogens with zero attached hydrogens (tertiary/aromatic N) is 3. The summed E-state index contributed by atoms with van der Waals surface area (Å²) in [5.41, 5.74) is 6.10. The quantitative estimate of drug-likeness (QED) is 0.828. The second-order valence-corrected chi connectivity index (χ2v) is 7.06. The van der Waals surface area contributed by atoms with Gasteiger partial charge in [0.05, 0.1) is 19.8 Å². The molecular weight excluding hydrogens is 352 g/mol. The third kappa shape index (κ3) is 3.55. The van der Waals surface area contributed by atoms with Crippen LogP contribution in [0.1, 0.15) is 22.3 Å². The van der Waals surface area contributed by atoms with Gasteiger partial charge in [0.15, 0.2) is 0 Å². The Morgan fingerprint density at radius 2 is 1.75 bits per heavy atom. The molecule has 0 amide bonds.